The highest BCUT2D eigenvalue weighted by Crippen LogP contribution is 2.18. The first-order valence-electron chi connectivity index (χ1n) is 6.85. The van der Waals surface area contributed by atoms with Crippen LogP contribution in [0.4, 0.5) is 5.82 Å². The molecule has 104 valence electrons. The van der Waals surface area contributed by atoms with Crippen LogP contribution in [0.1, 0.15) is 16.8 Å². The Morgan fingerprint density at radius 1 is 1.20 bits per heavy atom. The lowest BCUT2D eigenvalue weighted by Crippen LogP contribution is -2.26. The number of halogens is 1. The molecule has 0 saturated heterocycles. The number of aromatic nitrogens is 2. The lowest BCUT2D eigenvalue weighted by molar-refractivity contribution is 0.627. The predicted molar refractivity (Wildman–Crippen MR) is 81.1 cm³/mol. The minimum Gasteiger partial charge on any atom is -0.369 e. The largest absolute Gasteiger partial charge is 0.369 e. The second-order valence-corrected chi connectivity index (χ2v) is 5.31. The summed E-state index contributed by atoms with van der Waals surface area (Å²) in [5.41, 5.74) is 3.63. The van der Waals surface area contributed by atoms with Crippen LogP contribution in [0.3, 0.4) is 0 Å². The SMILES string of the molecule is Clc1ccc(CCNc2ncnc3c2CNCC3)cc1. The molecule has 0 radical (unpaired) electrons. The van der Waals surface area contributed by atoms with Crippen LogP contribution < -0.4 is 10.6 Å². The van der Waals surface area contributed by atoms with Gasteiger partial charge in [0.15, 0.2) is 0 Å². The van der Waals surface area contributed by atoms with Crippen LogP contribution in [0.5, 0.6) is 0 Å². The second kappa shape index (κ2) is 6.20. The van der Waals surface area contributed by atoms with E-state index in [4.69, 9.17) is 11.6 Å². The molecule has 3 rings (SSSR count). The monoisotopic (exact) mass is 288 g/mol. The molecule has 0 unspecified atom stereocenters. The van der Waals surface area contributed by atoms with Gasteiger partial charge in [-0.25, -0.2) is 9.97 Å². The summed E-state index contributed by atoms with van der Waals surface area (Å²) in [7, 11) is 0. The third-order valence-corrected chi connectivity index (χ3v) is 3.75. The molecular formula is C15H17ClN4. The Kier molecular flexibility index (Phi) is 4.14. The molecular weight excluding hydrogens is 272 g/mol. The Bertz CT molecular complexity index is 583. The first kappa shape index (κ1) is 13.3. The Hall–Kier alpha value is -1.65. The van der Waals surface area contributed by atoms with Gasteiger partial charge in [0.1, 0.15) is 12.1 Å². The lowest BCUT2D eigenvalue weighted by Gasteiger charge is -2.19. The number of benzene rings is 1. The second-order valence-electron chi connectivity index (χ2n) is 4.88. The van der Waals surface area contributed by atoms with Crippen LogP contribution in [-0.4, -0.2) is 23.1 Å². The van der Waals surface area contributed by atoms with Crippen molar-refractivity contribution in [1.29, 1.82) is 0 Å². The molecule has 2 heterocycles. The third-order valence-electron chi connectivity index (χ3n) is 3.49. The van der Waals surface area contributed by atoms with E-state index in [2.05, 4.69) is 32.7 Å². The number of fused-ring (bicyclic) bond motifs is 1. The van der Waals surface area contributed by atoms with Gasteiger partial charge in [-0.3, -0.25) is 0 Å². The summed E-state index contributed by atoms with van der Waals surface area (Å²) in [6.45, 7) is 2.69. The highest BCUT2D eigenvalue weighted by atomic mass is 35.5. The topological polar surface area (TPSA) is 49.8 Å². The molecule has 1 aromatic heterocycles. The quantitative estimate of drug-likeness (QED) is 0.907. The van der Waals surface area contributed by atoms with Crippen LogP contribution in [0.15, 0.2) is 30.6 Å². The zero-order chi connectivity index (χ0) is 13.8. The highest BCUT2D eigenvalue weighted by molar-refractivity contribution is 6.30. The van der Waals surface area contributed by atoms with Gasteiger partial charge in [-0.2, -0.15) is 0 Å². The molecule has 5 heteroatoms. The molecule has 0 bridgehead atoms. The van der Waals surface area contributed by atoms with Crippen molar-refractivity contribution in [3.63, 3.8) is 0 Å². The Balaban J connectivity index is 1.62. The minimum absolute atomic E-state index is 0.776. The molecule has 4 nitrogen and oxygen atoms in total. The van der Waals surface area contributed by atoms with Crippen molar-refractivity contribution in [2.75, 3.05) is 18.4 Å². The van der Waals surface area contributed by atoms with E-state index in [0.717, 1.165) is 49.0 Å². The smallest absolute Gasteiger partial charge is 0.134 e. The summed E-state index contributed by atoms with van der Waals surface area (Å²) in [5, 5.41) is 7.55. The first-order valence-corrected chi connectivity index (χ1v) is 7.22. The number of nitrogens with zero attached hydrogens (tertiary/aromatic N) is 2. The Morgan fingerprint density at radius 2 is 2.05 bits per heavy atom. The molecule has 1 aliphatic heterocycles. The Labute approximate surface area is 123 Å². The number of hydrogen-bond donors (Lipinski definition) is 2. The van der Waals surface area contributed by atoms with Crippen molar-refractivity contribution in [1.82, 2.24) is 15.3 Å². The summed E-state index contributed by atoms with van der Waals surface area (Å²) in [6, 6.07) is 7.96. The maximum atomic E-state index is 5.88. The van der Waals surface area contributed by atoms with Crippen molar-refractivity contribution in [2.24, 2.45) is 0 Å². The first-order chi connectivity index (χ1) is 9.83. The maximum Gasteiger partial charge on any atom is 0.134 e. The van der Waals surface area contributed by atoms with Crippen LogP contribution in [0, 0.1) is 0 Å². The van der Waals surface area contributed by atoms with Gasteiger partial charge in [-0.1, -0.05) is 23.7 Å². The minimum atomic E-state index is 0.776. The average Bonchev–Trinajstić information content (AvgIpc) is 2.49. The Morgan fingerprint density at radius 3 is 2.90 bits per heavy atom. The van der Waals surface area contributed by atoms with Gasteiger partial charge in [0.25, 0.3) is 0 Å². The zero-order valence-electron chi connectivity index (χ0n) is 11.2. The summed E-state index contributed by atoms with van der Waals surface area (Å²) in [6.07, 6.45) is 3.57. The predicted octanol–water partition coefficient (Wildman–Crippen LogP) is 2.43. The molecule has 1 aromatic carbocycles. The summed E-state index contributed by atoms with van der Waals surface area (Å²) in [5.74, 6) is 0.955. The molecule has 0 saturated carbocycles. The zero-order valence-corrected chi connectivity index (χ0v) is 12.0. The van der Waals surface area contributed by atoms with Crippen LogP contribution >= 0.6 is 11.6 Å². The summed E-state index contributed by atoms with van der Waals surface area (Å²) >= 11 is 5.88. The highest BCUT2D eigenvalue weighted by Gasteiger charge is 2.14. The van der Waals surface area contributed by atoms with Crippen LogP contribution in [0.2, 0.25) is 5.02 Å². The van der Waals surface area contributed by atoms with Crippen LogP contribution in [0.25, 0.3) is 0 Å². The van der Waals surface area contributed by atoms with E-state index in [9.17, 15) is 0 Å². The molecule has 2 N–H and O–H groups in total. The van der Waals surface area contributed by atoms with Gasteiger partial charge in [0.2, 0.25) is 0 Å². The van der Waals surface area contributed by atoms with Gasteiger partial charge in [0, 0.05) is 36.6 Å². The van der Waals surface area contributed by atoms with E-state index in [0.29, 0.717) is 0 Å². The molecule has 20 heavy (non-hydrogen) atoms. The average molecular weight is 289 g/mol. The van der Waals surface area contributed by atoms with E-state index in [-0.39, 0.29) is 0 Å². The van der Waals surface area contributed by atoms with Gasteiger partial charge < -0.3 is 10.6 Å². The fourth-order valence-electron chi connectivity index (χ4n) is 2.40. The van der Waals surface area contributed by atoms with Crippen molar-refractivity contribution >= 4 is 17.4 Å². The maximum absolute atomic E-state index is 5.88. The lowest BCUT2D eigenvalue weighted by atomic mass is 10.1. The summed E-state index contributed by atoms with van der Waals surface area (Å²) in [4.78, 5) is 8.70. The number of hydrogen-bond acceptors (Lipinski definition) is 4. The van der Waals surface area contributed by atoms with Gasteiger partial charge in [0.05, 0.1) is 5.69 Å². The van der Waals surface area contributed by atoms with Gasteiger partial charge in [-0.15, -0.1) is 0 Å². The molecule has 2 aromatic rings. The van der Waals surface area contributed by atoms with E-state index in [1.807, 2.05) is 12.1 Å². The van der Waals surface area contributed by atoms with Crippen LogP contribution in [-0.2, 0) is 19.4 Å². The van der Waals surface area contributed by atoms with E-state index in [1.54, 1.807) is 6.33 Å². The van der Waals surface area contributed by atoms with Crippen molar-refractivity contribution in [2.45, 2.75) is 19.4 Å². The normalized spacial score (nSPS) is 13.8. The van der Waals surface area contributed by atoms with E-state index < -0.39 is 0 Å². The van der Waals surface area contributed by atoms with Crippen molar-refractivity contribution in [3.05, 3.63) is 52.4 Å². The number of nitrogens with one attached hydrogen (secondary N) is 2. The molecule has 0 atom stereocenters. The molecule has 0 amide bonds. The summed E-state index contributed by atoms with van der Waals surface area (Å²) < 4.78 is 0. The molecule has 1 aliphatic rings. The number of rotatable bonds is 4. The van der Waals surface area contributed by atoms with Crippen molar-refractivity contribution < 1.29 is 0 Å². The fraction of sp³-hybridized carbons (Fsp3) is 0.333. The van der Waals surface area contributed by atoms with Crippen molar-refractivity contribution in [3.8, 4) is 0 Å². The fourth-order valence-corrected chi connectivity index (χ4v) is 2.52. The third kappa shape index (κ3) is 3.08. The number of anilines is 1. The van der Waals surface area contributed by atoms with E-state index in [1.165, 1.54) is 11.1 Å². The van der Waals surface area contributed by atoms with E-state index >= 15 is 0 Å². The van der Waals surface area contributed by atoms with Gasteiger partial charge >= 0.3 is 0 Å². The van der Waals surface area contributed by atoms with Gasteiger partial charge in [-0.05, 0) is 24.1 Å². The molecule has 0 fully saturated rings. The molecule has 0 spiro atoms. The molecule has 0 aliphatic carbocycles. The standard InChI is InChI=1S/C15H17ClN4/c16-12-3-1-11(2-4-12)5-8-18-15-13-9-17-7-6-14(13)19-10-20-15/h1-4,10,17H,5-9H2,(H,18,19,20).